The van der Waals surface area contributed by atoms with E-state index >= 15 is 0 Å². The van der Waals surface area contributed by atoms with E-state index in [0.29, 0.717) is 24.7 Å². The first-order valence-corrected chi connectivity index (χ1v) is 15.8. The molecule has 12 nitrogen and oxygen atoms in total. The minimum absolute atomic E-state index is 0.268. The van der Waals surface area contributed by atoms with Crippen LogP contribution in [0.2, 0.25) is 0 Å². The second-order valence-electron chi connectivity index (χ2n) is 10.6. The van der Waals surface area contributed by atoms with Crippen LogP contribution in [0.3, 0.4) is 0 Å². The fraction of sp³-hybridized carbons (Fsp3) is 0.310. The lowest BCUT2D eigenvalue weighted by Gasteiger charge is -2.09. The summed E-state index contributed by atoms with van der Waals surface area (Å²) in [7, 11) is -3.39. The molecule has 4 aromatic heterocycles. The summed E-state index contributed by atoms with van der Waals surface area (Å²) in [6.45, 7) is 0.948. The summed E-state index contributed by atoms with van der Waals surface area (Å²) in [6.07, 6.45) is 9.10. The molecule has 0 radical (unpaired) electrons. The largest absolute Gasteiger partial charge is 0.345 e. The molecule has 4 heterocycles. The molecule has 1 aromatic carbocycles. The SMILES string of the molecule is CS(=O)(=O)Nc1cccc(-c2c(C3CC3)[nH]c3nnc(CCCCn4cc(C(=O)NCc5ccccn5)nn4)cc23)c1. The third-order valence-electron chi connectivity index (χ3n) is 7.07. The van der Waals surface area contributed by atoms with Gasteiger partial charge in [-0.1, -0.05) is 23.4 Å². The maximum Gasteiger partial charge on any atom is 0.273 e. The number of aromatic amines is 1. The first kappa shape index (κ1) is 27.5. The number of carbonyl (C=O) groups is 1. The van der Waals surface area contributed by atoms with E-state index in [1.165, 1.54) is 0 Å². The number of aromatic nitrogens is 7. The molecule has 1 amide bonds. The Morgan fingerprint density at radius 3 is 2.71 bits per heavy atom. The highest BCUT2D eigenvalue weighted by Crippen LogP contribution is 2.46. The number of benzene rings is 1. The number of sulfonamides is 1. The van der Waals surface area contributed by atoms with Crippen molar-refractivity contribution in [3.63, 3.8) is 0 Å². The molecule has 13 heteroatoms. The van der Waals surface area contributed by atoms with Gasteiger partial charge in [-0.25, -0.2) is 8.42 Å². The Hall–Kier alpha value is -4.65. The molecule has 42 heavy (non-hydrogen) atoms. The van der Waals surface area contributed by atoms with Gasteiger partial charge in [-0.05, 0) is 73.9 Å². The van der Waals surface area contributed by atoms with Crippen LogP contribution < -0.4 is 10.0 Å². The van der Waals surface area contributed by atoms with Crippen molar-refractivity contribution in [1.82, 2.24) is 40.5 Å². The number of amides is 1. The molecule has 1 fully saturated rings. The predicted octanol–water partition coefficient (Wildman–Crippen LogP) is 3.81. The normalized spacial score (nSPS) is 13.4. The van der Waals surface area contributed by atoms with E-state index < -0.39 is 10.0 Å². The van der Waals surface area contributed by atoms with E-state index in [1.54, 1.807) is 23.1 Å². The van der Waals surface area contributed by atoms with E-state index in [4.69, 9.17) is 0 Å². The summed E-state index contributed by atoms with van der Waals surface area (Å²) in [6, 6.07) is 15.1. The molecule has 0 aliphatic heterocycles. The molecular weight excluding hydrogens is 554 g/mol. The second-order valence-corrected chi connectivity index (χ2v) is 12.3. The van der Waals surface area contributed by atoms with Gasteiger partial charge in [0.05, 0.1) is 30.4 Å². The smallest absolute Gasteiger partial charge is 0.273 e. The van der Waals surface area contributed by atoms with E-state index in [2.05, 4.69) is 46.6 Å². The molecule has 1 saturated carbocycles. The number of unbranched alkanes of at least 4 members (excludes halogenated alkanes) is 1. The Morgan fingerprint density at radius 1 is 1.05 bits per heavy atom. The summed E-state index contributed by atoms with van der Waals surface area (Å²) < 4.78 is 27.8. The predicted molar refractivity (Wildman–Crippen MR) is 158 cm³/mol. The molecule has 0 saturated heterocycles. The molecule has 0 unspecified atom stereocenters. The molecule has 0 spiro atoms. The van der Waals surface area contributed by atoms with Gasteiger partial charge in [-0.15, -0.1) is 10.2 Å². The summed E-state index contributed by atoms with van der Waals surface area (Å²) in [5.74, 6) is 0.148. The van der Waals surface area contributed by atoms with Gasteiger partial charge in [0, 0.05) is 35.1 Å². The van der Waals surface area contributed by atoms with E-state index in [-0.39, 0.29) is 11.6 Å². The van der Waals surface area contributed by atoms with Crippen LogP contribution in [0.4, 0.5) is 5.69 Å². The number of pyridine rings is 1. The molecule has 5 aromatic rings. The topological polar surface area (TPSA) is 160 Å². The summed E-state index contributed by atoms with van der Waals surface area (Å²) >= 11 is 0. The number of nitrogens with zero attached hydrogens (tertiary/aromatic N) is 6. The number of rotatable bonds is 12. The zero-order chi connectivity index (χ0) is 29.1. The zero-order valence-electron chi connectivity index (χ0n) is 23.1. The first-order valence-electron chi connectivity index (χ1n) is 13.9. The van der Waals surface area contributed by atoms with Crippen LogP contribution in [0, 0.1) is 0 Å². The van der Waals surface area contributed by atoms with Crippen molar-refractivity contribution in [2.75, 3.05) is 11.0 Å². The van der Waals surface area contributed by atoms with Crippen LogP contribution in [0.5, 0.6) is 0 Å². The number of hydrogen-bond acceptors (Lipinski definition) is 8. The van der Waals surface area contributed by atoms with Crippen LogP contribution in [-0.4, -0.2) is 55.7 Å². The van der Waals surface area contributed by atoms with Crippen molar-refractivity contribution in [3.8, 4) is 11.1 Å². The van der Waals surface area contributed by atoms with Crippen LogP contribution in [0.15, 0.2) is 60.9 Å². The monoisotopic (exact) mass is 585 g/mol. The van der Waals surface area contributed by atoms with Gasteiger partial charge in [-0.2, -0.15) is 5.10 Å². The quantitative estimate of drug-likeness (QED) is 0.186. The van der Waals surface area contributed by atoms with Crippen molar-refractivity contribution >= 4 is 32.7 Å². The van der Waals surface area contributed by atoms with Gasteiger partial charge < -0.3 is 10.3 Å². The third kappa shape index (κ3) is 6.62. The Bertz CT molecular complexity index is 1830. The molecular formula is C29H31N9O3S. The minimum atomic E-state index is -3.39. The fourth-order valence-corrected chi connectivity index (χ4v) is 5.52. The lowest BCUT2D eigenvalue weighted by atomic mass is 9.99. The van der Waals surface area contributed by atoms with Gasteiger partial charge in [0.1, 0.15) is 0 Å². The van der Waals surface area contributed by atoms with Crippen molar-refractivity contribution in [2.24, 2.45) is 0 Å². The van der Waals surface area contributed by atoms with Crippen molar-refractivity contribution in [3.05, 3.63) is 83.7 Å². The standard InChI is InChI=1S/C29H31N9O3S/c1-42(40,41)36-22-10-6-7-20(15-22)26-24-16-21(33-35-28(24)32-27(26)19-11-12-19)8-3-5-14-38-18-25(34-37-38)29(39)31-17-23-9-2-4-13-30-23/h2,4,6-7,9-10,13,15-16,18-19,36H,3,5,8,11-12,14,17H2,1H3,(H,31,39)(H,32,35). The molecule has 1 aliphatic rings. The average Bonchev–Trinajstić information content (AvgIpc) is 3.59. The van der Waals surface area contributed by atoms with Crippen molar-refractivity contribution in [2.45, 2.75) is 51.1 Å². The van der Waals surface area contributed by atoms with Crippen LogP contribution >= 0.6 is 0 Å². The van der Waals surface area contributed by atoms with Crippen LogP contribution in [0.1, 0.15) is 59.2 Å². The summed E-state index contributed by atoms with van der Waals surface area (Å²) in [4.78, 5) is 20.1. The van der Waals surface area contributed by atoms with Gasteiger partial charge >= 0.3 is 0 Å². The average molecular weight is 586 g/mol. The van der Waals surface area contributed by atoms with Gasteiger partial charge in [-0.3, -0.25) is 19.2 Å². The molecule has 3 N–H and O–H groups in total. The Kier molecular flexibility index (Phi) is 7.66. The highest BCUT2D eigenvalue weighted by atomic mass is 32.2. The molecule has 6 rings (SSSR count). The number of fused-ring (bicyclic) bond motifs is 1. The second kappa shape index (κ2) is 11.7. The molecule has 216 valence electrons. The van der Waals surface area contributed by atoms with Crippen molar-refractivity contribution < 1.29 is 13.2 Å². The Labute approximate surface area is 243 Å². The summed E-state index contributed by atoms with van der Waals surface area (Å²) in [5.41, 5.74) is 6.28. The maximum absolute atomic E-state index is 12.4. The van der Waals surface area contributed by atoms with E-state index in [1.807, 2.05) is 36.4 Å². The number of aryl methyl sites for hydroxylation is 2. The highest BCUT2D eigenvalue weighted by Gasteiger charge is 2.30. The molecule has 0 bridgehead atoms. The van der Waals surface area contributed by atoms with Crippen LogP contribution in [0.25, 0.3) is 22.2 Å². The van der Waals surface area contributed by atoms with E-state index in [9.17, 15) is 13.2 Å². The zero-order valence-corrected chi connectivity index (χ0v) is 23.9. The third-order valence-corrected chi connectivity index (χ3v) is 7.68. The Balaban J connectivity index is 1.10. The van der Waals surface area contributed by atoms with E-state index in [0.717, 1.165) is 77.6 Å². The van der Waals surface area contributed by atoms with Gasteiger partial charge in [0.2, 0.25) is 10.0 Å². The number of anilines is 1. The highest BCUT2D eigenvalue weighted by molar-refractivity contribution is 7.92. The molecule has 0 atom stereocenters. The lowest BCUT2D eigenvalue weighted by molar-refractivity contribution is 0.0945. The molecule has 1 aliphatic carbocycles. The van der Waals surface area contributed by atoms with Gasteiger partial charge in [0.25, 0.3) is 5.91 Å². The fourth-order valence-electron chi connectivity index (χ4n) is 4.97. The van der Waals surface area contributed by atoms with Crippen LogP contribution in [-0.2, 0) is 29.5 Å². The number of hydrogen-bond donors (Lipinski definition) is 3. The number of nitrogens with one attached hydrogen (secondary N) is 3. The number of carbonyl (C=O) groups excluding carboxylic acids is 1. The summed E-state index contributed by atoms with van der Waals surface area (Å²) in [5, 5.41) is 20.8. The first-order chi connectivity index (χ1) is 20.3. The maximum atomic E-state index is 12.4. The minimum Gasteiger partial charge on any atom is -0.345 e. The van der Waals surface area contributed by atoms with Gasteiger partial charge in [0.15, 0.2) is 11.3 Å². The lowest BCUT2D eigenvalue weighted by Crippen LogP contribution is -2.23. The van der Waals surface area contributed by atoms with Crippen molar-refractivity contribution in [1.29, 1.82) is 0 Å². The Morgan fingerprint density at radius 2 is 1.93 bits per heavy atom. The number of H-pyrrole nitrogens is 1.